The lowest BCUT2D eigenvalue weighted by atomic mass is 10.0. The zero-order chi connectivity index (χ0) is 13.1. The fourth-order valence-corrected chi connectivity index (χ4v) is 5.01. The first kappa shape index (κ1) is 13.1. The van der Waals surface area contributed by atoms with Crippen molar-refractivity contribution in [3.05, 3.63) is 65.2 Å². The first-order chi connectivity index (χ1) is 9.33. The van der Waals surface area contributed by atoms with E-state index in [-0.39, 0.29) is 0 Å². The lowest BCUT2D eigenvalue weighted by Crippen LogP contribution is -2.00. The van der Waals surface area contributed by atoms with E-state index in [0.717, 1.165) is 11.7 Å². The van der Waals surface area contributed by atoms with Crippen molar-refractivity contribution in [2.45, 2.75) is 23.5 Å². The van der Waals surface area contributed by atoms with Crippen LogP contribution >= 0.6 is 23.5 Å². The Kier molecular flexibility index (Phi) is 4.19. The van der Waals surface area contributed by atoms with Gasteiger partial charge in [0.15, 0.2) is 0 Å². The van der Waals surface area contributed by atoms with E-state index < -0.39 is 0 Å². The summed E-state index contributed by atoms with van der Waals surface area (Å²) >= 11 is 4.07. The molecule has 0 fully saturated rings. The fourth-order valence-electron chi connectivity index (χ4n) is 2.49. The second-order valence-corrected chi connectivity index (χ2v) is 7.14. The first-order valence-electron chi connectivity index (χ1n) is 6.68. The van der Waals surface area contributed by atoms with Gasteiger partial charge in [-0.3, -0.25) is 0 Å². The Balaban J connectivity index is 1.57. The van der Waals surface area contributed by atoms with Gasteiger partial charge in [0.05, 0.1) is 0 Å². The van der Waals surface area contributed by atoms with Gasteiger partial charge in [0, 0.05) is 28.1 Å². The van der Waals surface area contributed by atoms with Gasteiger partial charge < -0.3 is 0 Å². The second kappa shape index (κ2) is 6.06. The van der Waals surface area contributed by atoms with E-state index >= 15 is 0 Å². The molecule has 1 atom stereocenters. The van der Waals surface area contributed by atoms with E-state index in [9.17, 15) is 0 Å². The van der Waals surface area contributed by atoms with E-state index in [1.807, 2.05) is 11.8 Å². The van der Waals surface area contributed by atoms with Gasteiger partial charge >= 0.3 is 0 Å². The maximum atomic E-state index is 2.30. The SMILES string of the molecule is Cc1cccc(CSCC2CSc3ccccc32)c1. The predicted molar refractivity (Wildman–Crippen MR) is 87.2 cm³/mol. The topological polar surface area (TPSA) is 0 Å². The summed E-state index contributed by atoms with van der Waals surface area (Å²) in [5, 5.41) is 0. The third-order valence-electron chi connectivity index (χ3n) is 3.47. The van der Waals surface area contributed by atoms with Crippen LogP contribution in [0.5, 0.6) is 0 Å². The van der Waals surface area contributed by atoms with Crippen LogP contribution in [0.4, 0.5) is 0 Å². The lowest BCUT2D eigenvalue weighted by molar-refractivity contribution is 0.896. The monoisotopic (exact) mass is 286 g/mol. The van der Waals surface area contributed by atoms with Crippen molar-refractivity contribution in [1.29, 1.82) is 0 Å². The highest BCUT2D eigenvalue weighted by atomic mass is 32.2. The summed E-state index contributed by atoms with van der Waals surface area (Å²) < 4.78 is 0. The molecule has 2 aromatic carbocycles. The number of hydrogen-bond acceptors (Lipinski definition) is 2. The number of aryl methyl sites for hydroxylation is 1. The van der Waals surface area contributed by atoms with E-state index in [0.29, 0.717) is 0 Å². The van der Waals surface area contributed by atoms with Gasteiger partial charge in [0.1, 0.15) is 0 Å². The molecule has 1 heterocycles. The highest BCUT2D eigenvalue weighted by Gasteiger charge is 2.22. The minimum Gasteiger partial charge on any atom is -0.157 e. The molecule has 98 valence electrons. The molecular formula is C17H18S2. The summed E-state index contributed by atoms with van der Waals surface area (Å²) in [6, 6.07) is 17.7. The molecule has 0 radical (unpaired) electrons. The Morgan fingerprint density at radius 1 is 1.16 bits per heavy atom. The van der Waals surface area contributed by atoms with Gasteiger partial charge in [-0.2, -0.15) is 11.8 Å². The van der Waals surface area contributed by atoms with Crippen LogP contribution in [0.2, 0.25) is 0 Å². The minimum atomic E-state index is 0.732. The Morgan fingerprint density at radius 2 is 2.05 bits per heavy atom. The lowest BCUT2D eigenvalue weighted by Gasteiger charge is -2.10. The van der Waals surface area contributed by atoms with Crippen molar-refractivity contribution in [3.63, 3.8) is 0 Å². The summed E-state index contributed by atoms with van der Waals surface area (Å²) in [6.07, 6.45) is 0. The average Bonchev–Trinajstić information content (AvgIpc) is 2.83. The number of rotatable bonds is 4. The van der Waals surface area contributed by atoms with Crippen LogP contribution < -0.4 is 0 Å². The van der Waals surface area contributed by atoms with Gasteiger partial charge in [-0.05, 0) is 24.1 Å². The molecule has 0 nitrogen and oxygen atoms in total. The molecule has 1 aliphatic rings. The zero-order valence-electron chi connectivity index (χ0n) is 11.1. The Hall–Kier alpha value is -0.860. The molecule has 2 aromatic rings. The third-order valence-corrected chi connectivity index (χ3v) is 5.90. The molecule has 3 rings (SSSR count). The Labute approximate surface area is 124 Å². The van der Waals surface area contributed by atoms with Crippen molar-refractivity contribution >= 4 is 23.5 Å². The first-order valence-corrected chi connectivity index (χ1v) is 8.82. The number of thioether (sulfide) groups is 2. The summed E-state index contributed by atoms with van der Waals surface area (Å²) in [5.74, 6) is 4.35. The van der Waals surface area contributed by atoms with E-state index in [4.69, 9.17) is 0 Å². The zero-order valence-corrected chi connectivity index (χ0v) is 12.8. The molecule has 0 N–H and O–H groups in total. The van der Waals surface area contributed by atoms with Gasteiger partial charge in [0.2, 0.25) is 0 Å². The molecule has 2 heteroatoms. The summed E-state index contributed by atoms with van der Waals surface area (Å²) in [7, 11) is 0. The Morgan fingerprint density at radius 3 is 2.95 bits per heavy atom. The fraction of sp³-hybridized carbons (Fsp3) is 0.294. The van der Waals surface area contributed by atoms with Crippen molar-refractivity contribution in [3.8, 4) is 0 Å². The van der Waals surface area contributed by atoms with Gasteiger partial charge in [-0.1, -0.05) is 48.0 Å². The molecule has 0 amide bonds. The quantitative estimate of drug-likeness (QED) is 0.765. The highest BCUT2D eigenvalue weighted by molar-refractivity contribution is 8.00. The van der Waals surface area contributed by atoms with Crippen LogP contribution in [0.1, 0.15) is 22.6 Å². The van der Waals surface area contributed by atoms with Gasteiger partial charge in [-0.25, -0.2) is 0 Å². The average molecular weight is 286 g/mol. The van der Waals surface area contributed by atoms with Gasteiger partial charge in [-0.15, -0.1) is 11.8 Å². The van der Waals surface area contributed by atoms with Crippen LogP contribution in [-0.4, -0.2) is 11.5 Å². The number of fused-ring (bicyclic) bond motifs is 1. The summed E-state index contributed by atoms with van der Waals surface area (Å²) in [5.41, 5.74) is 4.37. The molecule has 1 unspecified atom stereocenters. The summed E-state index contributed by atoms with van der Waals surface area (Å²) in [6.45, 7) is 2.16. The van der Waals surface area contributed by atoms with Gasteiger partial charge in [0.25, 0.3) is 0 Å². The van der Waals surface area contributed by atoms with Crippen LogP contribution in [0.15, 0.2) is 53.4 Å². The smallest absolute Gasteiger partial charge is 0.0184 e. The number of benzene rings is 2. The van der Waals surface area contributed by atoms with Crippen molar-refractivity contribution in [2.24, 2.45) is 0 Å². The normalized spacial score (nSPS) is 17.4. The molecule has 1 aliphatic heterocycles. The van der Waals surface area contributed by atoms with Crippen LogP contribution in [0, 0.1) is 6.92 Å². The largest absolute Gasteiger partial charge is 0.157 e. The maximum absolute atomic E-state index is 2.30. The standard InChI is InChI=1S/C17H18S2/c1-13-5-4-6-14(9-13)10-18-11-15-12-19-17-8-3-2-7-16(15)17/h2-9,15H,10-12H2,1H3. The summed E-state index contributed by atoms with van der Waals surface area (Å²) in [4.78, 5) is 1.49. The molecule has 0 bridgehead atoms. The van der Waals surface area contributed by atoms with Crippen molar-refractivity contribution in [2.75, 3.05) is 11.5 Å². The molecule has 0 aromatic heterocycles. The van der Waals surface area contributed by atoms with E-state index in [1.54, 1.807) is 5.56 Å². The second-order valence-electron chi connectivity index (χ2n) is 5.05. The minimum absolute atomic E-state index is 0.732. The third kappa shape index (κ3) is 3.18. The Bertz CT molecular complexity index is 563. The molecular weight excluding hydrogens is 268 g/mol. The molecule has 0 spiro atoms. The predicted octanol–water partition coefficient (Wildman–Crippen LogP) is 5.12. The van der Waals surface area contributed by atoms with Crippen LogP contribution in [0.3, 0.4) is 0 Å². The highest BCUT2D eigenvalue weighted by Crippen LogP contribution is 2.41. The maximum Gasteiger partial charge on any atom is 0.0184 e. The van der Waals surface area contributed by atoms with Crippen LogP contribution in [0.25, 0.3) is 0 Å². The van der Waals surface area contributed by atoms with E-state index in [1.165, 1.54) is 27.5 Å². The molecule has 0 aliphatic carbocycles. The van der Waals surface area contributed by atoms with E-state index in [2.05, 4.69) is 67.2 Å². The van der Waals surface area contributed by atoms with Crippen molar-refractivity contribution < 1.29 is 0 Å². The molecule has 19 heavy (non-hydrogen) atoms. The molecule has 0 saturated carbocycles. The van der Waals surface area contributed by atoms with Crippen molar-refractivity contribution in [1.82, 2.24) is 0 Å². The molecule has 0 saturated heterocycles. The van der Waals surface area contributed by atoms with Crippen LogP contribution in [-0.2, 0) is 5.75 Å². The number of hydrogen-bond donors (Lipinski definition) is 0.